The first-order valence-corrected chi connectivity index (χ1v) is 9.27. The topological polar surface area (TPSA) is 42.5 Å². The zero-order valence-corrected chi connectivity index (χ0v) is 16.9. The fraction of sp³-hybridized carbons (Fsp3) is 0.350. The van der Waals surface area contributed by atoms with Gasteiger partial charge >= 0.3 is 0 Å². The smallest absolute Gasteiger partial charge is 0.171 e. The number of nitrogens with one attached hydrogen (secondary N) is 2. The molecule has 0 bridgehead atoms. The predicted octanol–water partition coefficient (Wildman–Crippen LogP) is 5.25. The van der Waals surface area contributed by atoms with Crippen LogP contribution in [0.25, 0.3) is 0 Å². The molecule has 1 atom stereocenters. The van der Waals surface area contributed by atoms with Crippen LogP contribution in [0.5, 0.6) is 11.5 Å². The van der Waals surface area contributed by atoms with Gasteiger partial charge in [-0.3, -0.25) is 0 Å². The lowest BCUT2D eigenvalue weighted by atomic mass is 9.89. The van der Waals surface area contributed by atoms with E-state index in [1.165, 1.54) is 0 Å². The fourth-order valence-corrected chi connectivity index (χ4v) is 3.52. The van der Waals surface area contributed by atoms with Crippen molar-refractivity contribution in [2.75, 3.05) is 12.4 Å². The minimum absolute atomic E-state index is 0.0422. The molecule has 0 aromatic heterocycles. The summed E-state index contributed by atoms with van der Waals surface area (Å²) in [5.74, 6) is 1.59. The van der Waals surface area contributed by atoms with Gasteiger partial charge in [-0.25, -0.2) is 0 Å². The zero-order valence-electron chi connectivity index (χ0n) is 15.4. The molecule has 0 radical (unpaired) electrons. The van der Waals surface area contributed by atoms with E-state index in [-0.39, 0.29) is 11.6 Å². The lowest BCUT2D eigenvalue weighted by molar-refractivity contribution is 0.0693. The number of fused-ring (bicyclic) bond motifs is 1. The van der Waals surface area contributed by atoms with E-state index in [2.05, 4.69) is 24.5 Å². The Kier molecular flexibility index (Phi) is 5.30. The van der Waals surface area contributed by atoms with Crippen LogP contribution in [0.3, 0.4) is 0 Å². The van der Waals surface area contributed by atoms with E-state index in [1.807, 2.05) is 43.3 Å². The monoisotopic (exact) mass is 390 g/mol. The van der Waals surface area contributed by atoms with Crippen LogP contribution >= 0.6 is 23.8 Å². The van der Waals surface area contributed by atoms with E-state index >= 15 is 0 Å². The quantitative estimate of drug-likeness (QED) is 0.701. The average Bonchev–Trinajstić information content (AvgIpc) is 2.56. The summed E-state index contributed by atoms with van der Waals surface area (Å²) in [6.45, 7) is 6.11. The van der Waals surface area contributed by atoms with Gasteiger partial charge in [-0.1, -0.05) is 17.7 Å². The Morgan fingerprint density at radius 2 is 2.04 bits per heavy atom. The van der Waals surface area contributed by atoms with Gasteiger partial charge in [0, 0.05) is 28.8 Å². The first-order chi connectivity index (χ1) is 12.3. The minimum Gasteiger partial charge on any atom is -0.497 e. The van der Waals surface area contributed by atoms with Crippen LogP contribution in [0.2, 0.25) is 5.02 Å². The molecule has 0 spiro atoms. The van der Waals surface area contributed by atoms with Crippen molar-refractivity contribution in [1.82, 2.24) is 5.32 Å². The number of hydrogen-bond acceptors (Lipinski definition) is 3. The van der Waals surface area contributed by atoms with Crippen LogP contribution in [-0.2, 0) is 0 Å². The van der Waals surface area contributed by atoms with E-state index in [1.54, 1.807) is 7.11 Å². The Hall–Kier alpha value is -1.98. The third-order valence-electron chi connectivity index (χ3n) is 4.41. The maximum Gasteiger partial charge on any atom is 0.171 e. The average molecular weight is 391 g/mol. The van der Waals surface area contributed by atoms with Crippen LogP contribution in [0, 0.1) is 6.92 Å². The number of aryl methyl sites for hydroxylation is 1. The molecule has 1 aliphatic heterocycles. The van der Waals surface area contributed by atoms with Crippen molar-refractivity contribution in [3.05, 3.63) is 52.5 Å². The molecule has 0 saturated heterocycles. The van der Waals surface area contributed by atoms with Crippen LogP contribution < -0.4 is 20.1 Å². The summed E-state index contributed by atoms with van der Waals surface area (Å²) in [4.78, 5) is 0. The molecule has 26 heavy (non-hydrogen) atoms. The van der Waals surface area contributed by atoms with E-state index < -0.39 is 0 Å². The van der Waals surface area contributed by atoms with E-state index in [0.717, 1.165) is 34.7 Å². The number of ether oxygens (including phenoxy) is 2. The predicted molar refractivity (Wildman–Crippen MR) is 111 cm³/mol. The molecule has 2 aromatic carbocycles. The van der Waals surface area contributed by atoms with Crippen molar-refractivity contribution >= 4 is 34.6 Å². The molecule has 1 unspecified atom stereocenters. The maximum absolute atomic E-state index is 6.19. The Bertz CT molecular complexity index is 839. The van der Waals surface area contributed by atoms with Crippen LogP contribution in [-0.4, -0.2) is 17.8 Å². The lowest BCUT2D eigenvalue weighted by Crippen LogP contribution is -2.42. The summed E-state index contributed by atoms with van der Waals surface area (Å²) in [7, 11) is 1.65. The Labute approximate surface area is 164 Å². The van der Waals surface area contributed by atoms with E-state index in [9.17, 15) is 0 Å². The third-order valence-corrected chi connectivity index (χ3v) is 5.04. The minimum atomic E-state index is -0.306. The van der Waals surface area contributed by atoms with Gasteiger partial charge in [-0.2, -0.15) is 0 Å². The summed E-state index contributed by atoms with van der Waals surface area (Å²) in [5.41, 5.74) is 2.65. The van der Waals surface area contributed by atoms with Crippen molar-refractivity contribution in [2.45, 2.75) is 38.8 Å². The highest BCUT2D eigenvalue weighted by Crippen LogP contribution is 2.41. The van der Waals surface area contributed by atoms with Crippen LogP contribution in [0.15, 0.2) is 36.4 Å². The first kappa shape index (κ1) is 18.8. The van der Waals surface area contributed by atoms with Gasteiger partial charge < -0.3 is 20.1 Å². The van der Waals surface area contributed by atoms with Gasteiger partial charge in [-0.05, 0) is 62.8 Å². The highest BCUT2D eigenvalue weighted by molar-refractivity contribution is 7.80. The fourth-order valence-electron chi connectivity index (χ4n) is 3.08. The van der Waals surface area contributed by atoms with E-state index in [4.69, 9.17) is 33.3 Å². The number of benzene rings is 2. The van der Waals surface area contributed by atoms with Gasteiger partial charge in [0.05, 0.1) is 13.2 Å². The molecule has 2 N–H and O–H groups in total. The standard InChI is InChI=1S/C20H23ClN2O2S/c1-12-5-6-13(9-16(12)21)22-19(26)23-17-11-20(2,3)25-18-10-14(24-4)7-8-15(17)18/h5-10,17H,11H2,1-4H3,(H2,22,23,26). The van der Waals surface area contributed by atoms with Crippen molar-refractivity contribution in [2.24, 2.45) is 0 Å². The molecule has 138 valence electrons. The molecule has 1 heterocycles. The molecule has 2 aromatic rings. The lowest BCUT2D eigenvalue weighted by Gasteiger charge is -2.38. The number of halogens is 1. The molecule has 0 amide bonds. The number of rotatable bonds is 3. The zero-order chi connectivity index (χ0) is 18.9. The molecule has 6 heteroatoms. The SMILES string of the molecule is COc1ccc2c(c1)OC(C)(C)CC2NC(=S)Nc1ccc(C)c(Cl)c1. The Morgan fingerprint density at radius 1 is 1.27 bits per heavy atom. The molecule has 0 saturated carbocycles. The molecule has 4 nitrogen and oxygen atoms in total. The first-order valence-electron chi connectivity index (χ1n) is 8.48. The maximum atomic E-state index is 6.19. The largest absolute Gasteiger partial charge is 0.497 e. The normalized spacial score (nSPS) is 17.7. The molecule has 3 rings (SSSR count). The number of hydrogen-bond donors (Lipinski definition) is 2. The van der Waals surface area contributed by atoms with Gasteiger partial charge in [0.1, 0.15) is 17.1 Å². The van der Waals surface area contributed by atoms with Crippen LogP contribution in [0.4, 0.5) is 5.69 Å². The Balaban J connectivity index is 1.78. The second-order valence-electron chi connectivity index (χ2n) is 7.08. The van der Waals surface area contributed by atoms with Crippen molar-refractivity contribution < 1.29 is 9.47 Å². The molecule has 0 aliphatic carbocycles. The third kappa shape index (κ3) is 4.22. The summed E-state index contributed by atoms with van der Waals surface area (Å²) in [6, 6.07) is 11.7. The van der Waals surface area contributed by atoms with Crippen molar-refractivity contribution in [3.8, 4) is 11.5 Å². The number of thiocarbonyl (C=S) groups is 1. The summed E-state index contributed by atoms with van der Waals surface area (Å²) >= 11 is 11.7. The van der Waals surface area contributed by atoms with Gasteiger partial charge in [0.2, 0.25) is 0 Å². The van der Waals surface area contributed by atoms with Gasteiger partial charge in [0.15, 0.2) is 5.11 Å². The van der Waals surface area contributed by atoms with Gasteiger partial charge in [-0.15, -0.1) is 0 Å². The highest BCUT2D eigenvalue weighted by atomic mass is 35.5. The molecule has 0 fully saturated rings. The number of methoxy groups -OCH3 is 1. The second-order valence-corrected chi connectivity index (χ2v) is 7.90. The summed E-state index contributed by atoms with van der Waals surface area (Å²) in [5, 5.41) is 7.88. The molecule has 1 aliphatic rings. The number of anilines is 1. The van der Waals surface area contributed by atoms with Gasteiger partial charge in [0.25, 0.3) is 0 Å². The van der Waals surface area contributed by atoms with E-state index in [0.29, 0.717) is 10.1 Å². The second kappa shape index (κ2) is 7.33. The van der Waals surface area contributed by atoms with Crippen molar-refractivity contribution in [1.29, 1.82) is 0 Å². The molecular weight excluding hydrogens is 368 g/mol. The van der Waals surface area contributed by atoms with Crippen LogP contribution in [0.1, 0.15) is 37.4 Å². The summed E-state index contributed by atoms with van der Waals surface area (Å²) in [6.07, 6.45) is 0.794. The van der Waals surface area contributed by atoms with Crippen molar-refractivity contribution in [3.63, 3.8) is 0 Å². The highest BCUT2D eigenvalue weighted by Gasteiger charge is 2.34. The Morgan fingerprint density at radius 3 is 2.73 bits per heavy atom. The molecular formula is C20H23ClN2O2S. The summed E-state index contributed by atoms with van der Waals surface area (Å²) < 4.78 is 11.4.